The van der Waals surface area contributed by atoms with Crippen LogP contribution in [0.4, 0.5) is 5.69 Å². The minimum atomic E-state index is -0.920. The monoisotopic (exact) mass is 264 g/mol. The van der Waals surface area contributed by atoms with Gasteiger partial charge in [0, 0.05) is 18.3 Å². The number of aliphatic carboxylic acids is 1. The van der Waals surface area contributed by atoms with Crippen LogP contribution in [0, 0.1) is 6.92 Å². The number of hydrogen-bond acceptors (Lipinski definition) is 3. The van der Waals surface area contributed by atoms with Gasteiger partial charge in [0.1, 0.15) is 0 Å². The van der Waals surface area contributed by atoms with Gasteiger partial charge in [-0.05, 0) is 32.9 Å². The maximum atomic E-state index is 12.4. The Hall–Kier alpha value is -2.04. The molecule has 5 heteroatoms. The second kappa shape index (κ2) is 6.22. The van der Waals surface area contributed by atoms with E-state index in [2.05, 4.69) is 0 Å². The second-order valence-electron chi connectivity index (χ2n) is 4.63. The number of nitrogen functional groups attached to an aromatic ring is 1. The molecule has 0 heterocycles. The van der Waals surface area contributed by atoms with E-state index in [9.17, 15) is 9.59 Å². The molecule has 1 rings (SSSR count). The maximum absolute atomic E-state index is 12.4. The van der Waals surface area contributed by atoms with Crippen molar-refractivity contribution in [1.29, 1.82) is 0 Å². The van der Waals surface area contributed by atoms with Crippen molar-refractivity contribution in [3.8, 4) is 0 Å². The van der Waals surface area contributed by atoms with E-state index in [1.807, 2.05) is 19.9 Å². The van der Waals surface area contributed by atoms with Crippen molar-refractivity contribution in [1.82, 2.24) is 4.90 Å². The number of anilines is 1. The van der Waals surface area contributed by atoms with E-state index >= 15 is 0 Å². The van der Waals surface area contributed by atoms with Crippen molar-refractivity contribution in [3.63, 3.8) is 0 Å². The lowest BCUT2D eigenvalue weighted by Gasteiger charge is -2.27. The zero-order valence-corrected chi connectivity index (χ0v) is 11.5. The Kier molecular flexibility index (Phi) is 4.92. The first-order chi connectivity index (χ1) is 8.86. The van der Waals surface area contributed by atoms with Crippen molar-refractivity contribution >= 4 is 17.6 Å². The van der Waals surface area contributed by atoms with Crippen LogP contribution in [0.25, 0.3) is 0 Å². The van der Waals surface area contributed by atoms with Crippen LogP contribution in [0.5, 0.6) is 0 Å². The molecule has 19 heavy (non-hydrogen) atoms. The molecule has 104 valence electrons. The minimum absolute atomic E-state index is 0.0781. The quantitative estimate of drug-likeness (QED) is 0.796. The Labute approximate surface area is 113 Å². The van der Waals surface area contributed by atoms with E-state index in [0.717, 1.165) is 5.56 Å². The lowest BCUT2D eigenvalue weighted by Crippen LogP contribution is -2.40. The highest BCUT2D eigenvalue weighted by Gasteiger charge is 2.23. The molecule has 0 aliphatic heterocycles. The Morgan fingerprint density at radius 2 is 2.05 bits per heavy atom. The summed E-state index contributed by atoms with van der Waals surface area (Å²) in [6.45, 7) is 5.87. The van der Waals surface area contributed by atoms with Gasteiger partial charge in [-0.15, -0.1) is 0 Å². The van der Waals surface area contributed by atoms with Crippen LogP contribution in [0.3, 0.4) is 0 Å². The van der Waals surface area contributed by atoms with Gasteiger partial charge < -0.3 is 15.7 Å². The molecular formula is C14H20N2O3. The molecule has 0 aliphatic rings. The van der Waals surface area contributed by atoms with Gasteiger partial charge in [0.25, 0.3) is 5.91 Å². The lowest BCUT2D eigenvalue weighted by atomic mass is 10.1. The summed E-state index contributed by atoms with van der Waals surface area (Å²) in [5, 5.41) is 8.82. The molecule has 1 unspecified atom stereocenters. The fourth-order valence-electron chi connectivity index (χ4n) is 2.03. The van der Waals surface area contributed by atoms with E-state index in [4.69, 9.17) is 10.8 Å². The van der Waals surface area contributed by atoms with Gasteiger partial charge >= 0.3 is 5.97 Å². The third kappa shape index (κ3) is 3.71. The summed E-state index contributed by atoms with van der Waals surface area (Å²) < 4.78 is 0. The number of nitrogens with two attached hydrogens (primary N) is 1. The molecule has 1 atom stereocenters. The zero-order valence-electron chi connectivity index (χ0n) is 11.5. The molecule has 0 fully saturated rings. The topological polar surface area (TPSA) is 83.6 Å². The molecule has 1 amide bonds. The SMILES string of the molecule is CCN(C(=O)c1cc(C)ccc1N)C(C)CC(=O)O. The highest BCUT2D eigenvalue weighted by molar-refractivity contribution is 5.99. The molecule has 0 saturated heterocycles. The molecule has 3 N–H and O–H groups in total. The molecular weight excluding hydrogens is 244 g/mol. The number of carboxylic acids is 1. The summed E-state index contributed by atoms with van der Waals surface area (Å²) >= 11 is 0. The van der Waals surface area contributed by atoms with Gasteiger partial charge in [-0.1, -0.05) is 11.6 Å². The Morgan fingerprint density at radius 3 is 2.58 bits per heavy atom. The molecule has 0 saturated carbocycles. The van der Waals surface area contributed by atoms with Crippen molar-refractivity contribution in [3.05, 3.63) is 29.3 Å². The largest absolute Gasteiger partial charge is 0.481 e. The number of benzene rings is 1. The molecule has 1 aromatic carbocycles. The number of carbonyl (C=O) groups excluding carboxylic acids is 1. The van der Waals surface area contributed by atoms with E-state index in [1.165, 1.54) is 4.90 Å². The predicted molar refractivity (Wildman–Crippen MR) is 74.0 cm³/mol. The Bertz CT molecular complexity index is 486. The summed E-state index contributed by atoms with van der Waals surface area (Å²) in [5.41, 5.74) is 7.61. The number of rotatable bonds is 5. The van der Waals surface area contributed by atoms with Gasteiger partial charge in [0.15, 0.2) is 0 Å². The van der Waals surface area contributed by atoms with Crippen LogP contribution in [-0.4, -0.2) is 34.5 Å². The van der Waals surface area contributed by atoms with Crippen LogP contribution >= 0.6 is 0 Å². The molecule has 0 radical (unpaired) electrons. The van der Waals surface area contributed by atoms with Gasteiger partial charge in [0.05, 0.1) is 12.0 Å². The average molecular weight is 264 g/mol. The molecule has 5 nitrogen and oxygen atoms in total. The maximum Gasteiger partial charge on any atom is 0.305 e. The van der Waals surface area contributed by atoms with E-state index in [0.29, 0.717) is 17.8 Å². The standard InChI is InChI=1S/C14H20N2O3/c1-4-16(10(3)8-13(17)18)14(19)11-7-9(2)5-6-12(11)15/h5-7,10H,4,8,15H2,1-3H3,(H,17,18). The van der Waals surface area contributed by atoms with Gasteiger partial charge in [-0.3, -0.25) is 9.59 Å². The number of hydrogen-bond donors (Lipinski definition) is 2. The highest BCUT2D eigenvalue weighted by atomic mass is 16.4. The third-order valence-corrected chi connectivity index (χ3v) is 3.04. The minimum Gasteiger partial charge on any atom is -0.481 e. The van der Waals surface area contributed by atoms with Crippen molar-refractivity contribution in [2.45, 2.75) is 33.2 Å². The number of carboxylic acid groups (broad SMARTS) is 1. The van der Waals surface area contributed by atoms with Gasteiger partial charge in [0.2, 0.25) is 0 Å². The van der Waals surface area contributed by atoms with Gasteiger partial charge in [-0.2, -0.15) is 0 Å². The number of amides is 1. The fourth-order valence-corrected chi connectivity index (χ4v) is 2.03. The molecule has 0 bridgehead atoms. The van der Waals surface area contributed by atoms with Crippen molar-refractivity contribution in [2.75, 3.05) is 12.3 Å². The summed E-state index contributed by atoms with van der Waals surface area (Å²) in [5.74, 6) is -1.14. The first kappa shape index (κ1) is 15.0. The average Bonchev–Trinajstić information content (AvgIpc) is 2.32. The van der Waals surface area contributed by atoms with Crippen molar-refractivity contribution in [2.24, 2.45) is 0 Å². The summed E-state index contributed by atoms with van der Waals surface area (Å²) in [6, 6.07) is 4.89. The first-order valence-electron chi connectivity index (χ1n) is 6.25. The normalized spacial score (nSPS) is 11.9. The smallest absolute Gasteiger partial charge is 0.305 e. The zero-order chi connectivity index (χ0) is 14.6. The summed E-state index contributed by atoms with van der Waals surface area (Å²) in [4.78, 5) is 24.7. The summed E-state index contributed by atoms with van der Waals surface area (Å²) in [6.07, 6.45) is -0.0781. The van der Waals surface area contributed by atoms with E-state index in [1.54, 1.807) is 19.1 Å². The molecule has 0 spiro atoms. The fraction of sp³-hybridized carbons (Fsp3) is 0.429. The van der Waals surface area contributed by atoms with Crippen LogP contribution in [-0.2, 0) is 4.79 Å². The Balaban J connectivity index is 3.01. The number of aryl methyl sites for hydroxylation is 1. The highest BCUT2D eigenvalue weighted by Crippen LogP contribution is 2.18. The summed E-state index contributed by atoms with van der Waals surface area (Å²) in [7, 11) is 0. The lowest BCUT2D eigenvalue weighted by molar-refractivity contribution is -0.138. The predicted octanol–water partition coefficient (Wildman–Crippen LogP) is 1.90. The van der Waals surface area contributed by atoms with E-state index < -0.39 is 5.97 Å². The second-order valence-corrected chi connectivity index (χ2v) is 4.63. The van der Waals surface area contributed by atoms with E-state index in [-0.39, 0.29) is 18.4 Å². The van der Waals surface area contributed by atoms with Crippen LogP contribution in [0.1, 0.15) is 36.2 Å². The molecule has 1 aromatic rings. The molecule has 0 aliphatic carbocycles. The Morgan fingerprint density at radius 1 is 1.42 bits per heavy atom. The number of carbonyl (C=O) groups is 2. The van der Waals surface area contributed by atoms with Gasteiger partial charge in [-0.25, -0.2) is 0 Å². The van der Waals surface area contributed by atoms with Crippen molar-refractivity contribution < 1.29 is 14.7 Å². The number of nitrogens with zero attached hydrogens (tertiary/aromatic N) is 1. The third-order valence-electron chi connectivity index (χ3n) is 3.04. The van der Waals surface area contributed by atoms with Crippen LogP contribution in [0.15, 0.2) is 18.2 Å². The van der Waals surface area contributed by atoms with Crippen LogP contribution in [0.2, 0.25) is 0 Å². The van der Waals surface area contributed by atoms with Crippen LogP contribution < -0.4 is 5.73 Å². The first-order valence-corrected chi connectivity index (χ1v) is 6.25. The molecule has 0 aromatic heterocycles.